The van der Waals surface area contributed by atoms with Crippen LogP contribution in [0.3, 0.4) is 0 Å². The summed E-state index contributed by atoms with van der Waals surface area (Å²) in [6.07, 6.45) is 2.82. The number of ether oxygens (including phenoxy) is 2. The van der Waals surface area contributed by atoms with Crippen LogP contribution in [0.15, 0.2) is 5.38 Å². The van der Waals surface area contributed by atoms with Gasteiger partial charge in [-0.05, 0) is 12.8 Å². The molecule has 1 atom stereocenters. The average molecular weight is 270 g/mol. The molecule has 2 heterocycles. The first kappa shape index (κ1) is 13.3. The number of hydrogen-bond donors (Lipinski definition) is 0. The van der Waals surface area contributed by atoms with Crippen molar-refractivity contribution in [1.29, 1.82) is 0 Å². The van der Waals surface area contributed by atoms with Crippen LogP contribution in [-0.2, 0) is 9.53 Å². The number of rotatable bonds is 4. The fourth-order valence-corrected chi connectivity index (χ4v) is 2.70. The number of carbonyl (C=O) groups excluding carboxylic acids is 1. The third-order valence-electron chi connectivity index (χ3n) is 2.96. The first-order valence-electron chi connectivity index (χ1n) is 6.17. The molecule has 1 aliphatic heterocycles. The molecule has 18 heavy (non-hydrogen) atoms. The molecule has 2 rings (SSSR count). The lowest BCUT2D eigenvalue weighted by Gasteiger charge is -2.31. The fraction of sp³-hybridized carbons (Fsp3) is 0.667. The molecule has 0 unspecified atom stereocenters. The first-order valence-corrected chi connectivity index (χ1v) is 7.04. The van der Waals surface area contributed by atoms with Gasteiger partial charge in [0, 0.05) is 26.6 Å². The van der Waals surface area contributed by atoms with Gasteiger partial charge < -0.3 is 14.4 Å². The second-order valence-corrected chi connectivity index (χ2v) is 5.08. The van der Waals surface area contributed by atoms with Crippen molar-refractivity contribution < 1.29 is 14.3 Å². The zero-order chi connectivity index (χ0) is 13.0. The third-order valence-corrected chi connectivity index (χ3v) is 3.84. The summed E-state index contributed by atoms with van der Waals surface area (Å²) in [5, 5.41) is 2.68. The molecule has 1 aromatic heterocycles. The highest BCUT2D eigenvalue weighted by Crippen LogP contribution is 2.28. The lowest BCUT2D eigenvalue weighted by atomic mass is 10.1. The Kier molecular flexibility index (Phi) is 4.54. The second-order valence-electron chi connectivity index (χ2n) is 4.24. The van der Waals surface area contributed by atoms with Crippen LogP contribution in [0.1, 0.15) is 26.2 Å². The predicted molar refractivity (Wildman–Crippen MR) is 70.3 cm³/mol. The molecule has 0 aromatic carbocycles. The second kappa shape index (κ2) is 6.15. The van der Waals surface area contributed by atoms with Gasteiger partial charge in [-0.2, -0.15) is 4.98 Å². The maximum atomic E-state index is 11.2. The number of hydrogen-bond acceptors (Lipinski definition) is 6. The normalized spacial score (nSPS) is 19.9. The van der Waals surface area contributed by atoms with Crippen molar-refractivity contribution in [3.63, 3.8) is 0 Å². The number of esters is 1. The monoisotopic (exact) mass is 270 g/mol. The highest BCUT2D eigenvalue weighted by atomic mass is 32.1. The van der Waals surface area contributed by atoms with Crippen molar-refractivity contribution in [1.82, 2.24) is 4.98 Å². The number of methoxy groups -OCH3 is 1. The summed E-state index contributed by atoms with van der Waals surface area (Å²) >= 11 is 1.50. The molecule has 6 heteroatoms. The molecule has 1 aromatic rings. The molecule has 0 radical (unpaired) electrons. The van der Waals surface area contributed by atoms with Crippen LogP contribution >= 0.6 is 11.3 Å². The van der Waals surface area contributed by atoms with E-state index in [4.69, 9.17) is 9.47 Å². The Labute approximate surface area is 111 Å². The van der Waals surface area contributed by atoms with Crippen molar-refractivity contribution in [3.8, 4) is 5.88 Å². The SMILES string of the molecule is CCC(=O)Oc1csc(N2CCC[C@H](OC)C2)n1. The average Bonchev–Trinajstić information content (AvgIpc) is 2.87. The maximum Gasteiger partial charge on any atom is 0.312 e. The van der Waals surface area contributed by atoms with E-state index in [2.05, 4.69) is 9.88 Å². The van der Waals surface area contributed by atoms with E-state index >= 15 is 0 Å². The van der Waals surface area contributed by atoms with Gasteiger partial charge in [0.1, 0.15) is 0 Å². The van der Waals surface area contributed by atoms with Crippen LogP contribution in [0.25, 0.3) is 0 Å². The van der Waals surface area contributed by atoms with E-state index in [0.29, 0.717) is 12.3 Å². The van der Waals surface area contributed by atoms with E-state index in [-0.39, 0.29) is 12.1 Å². The smallest absolute Gasteiger partial charge is 0.312 e. The lowest BCUT2D eigenvalue weighted by molar-refractivity contribution is -0.134. The minimum absolute atomic E-state index is 0.250. The molecule has 1 saturated heterocycles. The summed E-state index contributed by atoms with van der Waals surface area (Å²) < 4.78 is 10.5. The molecular weight excluding hydrogens is 252 g/mol. The number of nitrogens with zero attached hydrogens (tertiary/aromatic N) is 2. The molecule has 0 spiro atoms. The maximum absolute atomic E-state index is 11.2. The van der Waals surface area contributed by atoms with Crippen LogP contribution in [-0.4, -0.2) is 37.3 Å². The number of carbonyl (C=O) groups is 1. The number of aromatic nitrogens is 1. The lowest BCUT2D eigenvalue weighted by Crippen LogP contribution is -2.39. The Balaban J connectivity index is 1.98. The van der Waals surface area contributed by atoms with Gasteiger partial charge in [-0.15, -0.1) is 11.3 Å². The molecule has 100 valence electrons. The van der Waals surface area contributed by atoms with Gasteiger partial charge >= 0.3 is 5.97 Å². The Morgan fingerprint density at radius 3 is 3.22 bits per heavy atom. The molecule has 1 aliphatic rings. The van der Waals surface area contributed by atoms with Crippen molar-refractivity contribution in [2.45, 2.75) is 32.3 Å². The van der Waals surface area contributed by atoms with Crippen LogP contribution in [0, 0.1) is 0 Å². The summed E-state index contributed by atoms with van der Waals surface area (Å²) in [6.45, 7) is 3.60. The standard InChI is InChI=1S/C12H18N2O3S/c1-3-11(15)17-10-8-18-12(13-10)14-6-4-5-9(7-14)16-2/h8-9H,3-7H2,1-2H3/t9-/m0/s1. The quantitative estimate of drug-likeness (QED) is 0.784. The molecule has 0 bridgehead atoms. The molecule has 5 nitrogen and oxygen atoms in total. The number of thiazole rings is 1. The van der Waals surface area contributed by atoms with Gasteiger partial charge in [-0.3, -0.25) is 4.79 Å². The zero-order valence-electron chi connectivity index (χ0n) is 10.7. The molecule has 1 fully saturated rings. The highest BCUT2D eigenvalue weighted by Gasteiger charge is 2.22. The van der Waals surface area contributed by atoms with Gasteiger partial charge in [-0.1, -0.05) is 6.92 Å². The van der Waals surface area contributed by atoms with E-state index in [0.717, 1.165) is 31.1 Å². The van der Waals surface area contributed by atoms with Crippen molar-refractivity contribution in [2.75, 3.05) is 25.1 Å². The van der Waals surface area contributed by atoms with Crippen LogP contribution in [0.2, 0.25) is 0 Å². The van der Waals surface area contributed by atoms with Crippen molar-refractivity contribution in [2.24, 2.45) is 0 Å². The fourth-order valence-electron chi connectivity index (χ4n) is 1.94. The van der Waals surface area contributed by atoms with E-state index in [1.807, 2.05) is 0 Å². The third kappa shape index (κ3) is 3.20. The van der Waals surface area contributed by atoms with E-state index in [1.54, 1.807) is 19.4 Å². The topological polar surface area (TPSA) is 51.7 Å². The van der Waals surface area contributed by atoms with Crippen LogP contribution < -0.4 is 9.64 Å². The molecule has 0 amide bonds. The summed E-state index contributed by atoms with van der Waals surface area (Å²) in [7, 11) is 1.74. The Bertz CT molecular complexity index is 408. The Morgan fingerprint density at radius 2 is 2.50 bits per heavy atom. The first-order chi connectivity index (χ1) is 8.72. The summed E-state index contributed by atoms with van der Waals surface area (Å²) in [6, 6.07) is 0. The van der Waals surface area contributed by atoms with Gasteiger partial charge in [0.05, 0.1) is 11.5 Å². The minimum atomic E-state index is -0.250. The molecular formula is C12H18N2O3S. The number of anilines is 1. The predicted octanol–water partition coefficient (Wildman–Crippen LogP) is 2.07. The van der Waals surface area contributed by atoms with E-state index < -0.39 is 0 Å². The van der Waals surface area contributed by atoms with E-state index in [1.165, 1.54) is 11.3 Å². The minimum Gasteiger partial charge on any atom is -0.406 e. The van der Waals surface area contributed by atoms with Gasteiger partial charge in [-0.25, -0.2) is 0 Å². The van der Waals surface area contributed by atoms with Crippen LogP contribution in [0.4, 0.5) is 5.13 Å². The zero-order valence-corrected chi connectivity index (χ0v) is 11.5. The summed E-state index contributed by atoms with van der Waals surface area (Å²) in [5.74, 6) is 0.154. The van der Waals surface area contributed by atoms with Gasteiger partial charge in [0.15, 0.2) is 5.13 Å². The summed E-state index contributed by atoms with van der Waals surface area (Å²) in [5.41, 5.74) is 0. The molecule has 0 saturated carbocycles. The van der Waals surface area contributed by atoms with Crippen molar-refractivity contribution >= 4 is 22.4 Å². The van der Waals surface area contributed by atoms with E-state index in [9.17, 15) is 4.79 Å². The Morgan fingerprint density at radius 1 is 1.67 bits per heavy atom. The molecule has 0 N–H and O–H groups in total. The summed E-state index contributed by atoms with van der Waals surface area (Å²) in [4.78, 5) is 17.7. The van der Waals surface area contributed by atoms with Gasteiger partial charge in [0.25, 0.3) is 0 Å². The number of piperidine rings is 1. The largest absolute Gasteiger partial charge is 0.406 e. The highest BCUT2D eigenvalue weighted by molar-refractivity contribution is 7.13. The van der Waals surface area contributed by atoms with Crippen molar-refractivity contribution in [3.05, 3.63) is 5.38 Å². The molecule has 0 aliphatic carbocycles. The van der Waals surface area contributed by atoms with Gasteiger partial charge in [0.2, 0.25) is 5.88 Å². The Hall–Kier alpha value is -1.14. The van der Waals surface area contributed by atoms with Crippen LogP contribution in [0.5, 0.6) is 5.88 Å².